The van der Waals surface area contributed by atoms with Crippen molar-refractivity contribution in [1.29, 1.82) is 0 Å². The molecule has 0 unspecified atom stereocenters. The van der Waals surface area contributed by atoms with E-state index in [-0.39, 0.29) is 23.4 Å². The van der Waals surface area contributed by atoms with Crippen LogP contribution < -0.4 is 20.1 Å². The van der Waals surface area contributed by atoms with Gasteiger partial charge in [0.15, 0.2) is 16.7 Å². The zero-order chi connectivity index (χ0) is 21.3. The van der Waals surface area contributed by atoms with E-state index in [0.717, 1.165) is 17.3 Å². The van der Waals surface area contributed by atoms with Gasteiger partial charge in [0.05, 0.1) is 31.9 Å². The number of benzene rings is 1. The summed E-state index contributed by atoms with van der Waals surface area (Å²) in [5.41, 5.74) is 0.997. The van der Waals surface area contributed by atoms with Crippen LogP contribution in [-0.2, 0) is 16.0 Å². The molecule has 0 saturated carbocycles. The molecule has 10 heteroatoms. The number of carbonyl (C=O) groups excluding carboxylic acids is 2. The molecule has 1 aromatic carbocycles. The first-order valence-electron chi connectivity index (χ1n) is 9.18. The van der Waals surface area contributed by atoms with Crippen LogP contribution in [-0.4, -0.2) is 49.2 Å². The maximum Gasteiger partial charge on any atom is 0.234 e. The fraction of sp³-hybridized carbons (Fsp3) is 0.300. The Labute approximate surface area is 177 Å². The van der Waals surface area contributed by atoms with Gasteiger partial charge >= 0.3 is 0 Å². The van der Waals surface area contributed by atoms with Crippen molar-refractivity contribution in [3.8, 4) is 11.5 Å². The smallest absolute Gasteiger partial charge is 0.234 e. The number of methoxy groups -OCH3 is 2. The van der Waals surface area contributed by atoms with Gasteiger partial charge in [0.2, 0.25) is 11.8 Å². The second kappa shape index (κ2) is 10.5. The minimum atomic E-state index is -0.568. The number of nitrogens with one attached hydrogen (secondary N) is 2. The van der Waals surface area contributed by atoms with E-state index in [2.05, 4.69) is 20.8 Å². The van der Waals surface area contributed by atoms with Crippen LogP contribution in [0.2, 0.25) is 0 Å². The molecule has 2 N–H and O–H groups in total. The van der Waals surface area contributed by atoms with Crippen molar-refractivity contribution in [3.05, 3.63) is 47.9 Å². The zero-order valence-corrected chi connectivity index (χ0v) is 17.4. The second-order valence-electron chi connectivity index (χ2n) is 6.25. The van der Waals surface area contributed by atoms with Crippen LogP contribution in [0.15, 0.2) is 51.2 Å². The maximum atomic E-state index is 12.5. The van der Waals surface area contributed by atoms with Crippen LogP contribution in [0.5, 0.6) is 11.5 Å². The number of ether oxygens (including phenoxy) is 2. The third-order valence-electron chi connectivity index (χ3n) is 4.20. The molecule has 30 heavy (non-hydrogen) atoms. The summed E-state index contributed by atoms with van der Waals surface area (Å²) in [6.07, 6.45) is 3.64. The van der Waals surface area contributed by atoms with Gasteiger partial charge in [-0.3, -0.25) is 9.59 Å². The number of amidine groups is 1. The molecule has 2 amide bonds. The summed E-state index contributed by atoms with van der Waals surface area (Å²) in [5, 5.41) is 13.0. The highest BCUT2D eigenvalue weighted by Gasteiger charge is 2.30. The van der Waals surface area contributed by atoms with Gasteiger partial charge in [0, 0.05) is 13.0 Å². The van der Waals surface area contributed by atoms with Crippen molar-refractivity contribution in [2.45, 2.75) is 18.1 Å². The minimum absolute atomic E-state index is 0.0772. The largest absolute Gasteiger partial charge is 0.493 e. The topological polar surface area (TPSA) is 115 Å². The molecule has 0 aliphatic carbocycles. The standard InChI is InChI=1S/C20H22N4O5S/c1-27-15-6-5-13(10-16(15)28-2)7-8-21-19(26)17-11-18(25)23-20(30-17)24-22-12-14-4-3-9-29-14/h3-6,9-10,12,17H,7-8,11H2,1-2H3,(H,21,26)(H,23,24,25)/b22-12-/t17-/m1/s1. The van der Waals surface area contributed by atoms with Gasteiger partial charge in [-0.25, -0.2) is 0 Å². The third-order valence-corrected chi connectivity index (χ3v) is 5.27. The van der Waals surface area contributed by atoms with Crippen LogP contribution in [0.1, 0.15) is 17.7 Å². The fourth-order valence-corrected chi connectivity index (χ4v) is 3.68. The first-order chi connectivity index (χ1) is 14.6. The van der Waals surface area contributed by atoms with Crippen LogP contribution in [0, 0.1) is 0 Å². The normalized spacial score (nSPS) is 17.7. The summed E-state index contributed by atoms with van der Waals surface area (Å²) in [4.78, 5) is 24.4. The Balaban J connectivity index is 1.52. The first kappa shape index (κ1) is 21.4. The Morgan fingerprint density at radius 1 is 1.33 bits per heavy atom. The molecule has 1 fully saturated rings. The van der Waals surface area contributed by atoms with Gasteiger partial charge in [0.25, 0.3) is 0 Å². The highest BCUT2D eigenvalue weighted by atomic mass is 32.2. The van der Waals surface area contributed by atoms with E-state index in [4.69, 9.17) is 13.9 Å². The minimum Gasteiger partial charge on any atom is -0.493 e. The summed E-state index contributed by atoms with van der Waals surface area (Å²) in [6.45, 7) is 0.427. The average Bonchev–Trinajstić information content (AvgIpc) is 3.26. The van der Waals surface area contributed by atoms with Crippen LogP contribution in [0.25, 0.3) is 0 Å². The molecule has 2 aromatic rings. The van der Waals surface area contributed by atoms with Gasteiger partial charge in [-0.15, -0.1) is 5.10 Å². The van der Waals surface area contributed by atoms with Crippen molar-refractivity contribution in [2.24, 2.45) is 10.2 Å². The van der Waals surface area contributed by atoms with Gasteiger partial charge in [-0.2, -0.15) is 5.10 Å². The number of rotatable bonds is 8. The number of hydrogen-bond acceptors (Lipinski definition) is 8. The summed E-state index contributed by atoms with van der Waals surface area (Å²) in [6, 6.07) is 9.07. The Morgan fingerprint density at radius 2 is 2.17 bits per heavy atom. The molecule has 1 aromatic heterocycles. The van der Waals surface area contributed by atoms with E-state index in [1.54, 1.807) is 26.4 Å². The number of nitrogens with zero attached hydrogens (tertiary/aromatic N) is 2. The van der Waals surface area contributed by atoms with E-state index in [9.17, 15) is 9.59 Å². The number of amides is 2. The van der Waals surface area contributed by atoms with E-state index in [1.165, 1.54) is 12.5 Å². The monoisotopic (exact) mass is 430 g/mol. The highest BCUT2D eigenvalue weighted by Crippen LogP contribution is 2.27. The predicted octanol–water partition coefficient (Wildman–Crippen LogP) is 1.97. The lowest BCUT2D eigenvalue weighted by atomic mass is 10.1. The quantitative estimate of drug-likeness (QED) is 0.489. The van der Waals surface area contributed by atoms with Crippen molar-refractivity contribution in [1.82, 2.24) is 10.6 Å². The average molecular weight is 430 g/mol. The molecule has 0 spiro atoms. The maximum absolute atomic E-state index is 12.5. The molecule has 3 rings (SSSR count). The van der Waals surface area contributed by atoms with Gasteiger partial charge in [-0.1, -0.05) is 17.8 Å². The fourth-order valence-electron chi connectivity index (χ4n) is 2.72. The van der Waals surface area contributed by atoms with Gasteiger partial charge in [-0.05, 0) is 36.2 Å². The molecule has 2 heterocycles. The number of carbonyl (C=O) groups is 2. The van der Waals surface area contributed by atoms with Gasteiger partial charge < -0.3 is 24.5 Å². The Kier molecular flexibility index (Phi) is 7.50. The highest BCUT2D eigenvalue weighted by molar-refractivity contribution is 8.15. The molecular formula is C20H22N4O5S. The Morgan fingerprint density at radius 3 is 2.90 bits per heavy atom. The Bertz CT molecular complexity index is 943. The first-order valence-corrected chi connectivity index (χ1v) is 10.1. The molecule has 1 atom stereocenters. The van der Waals surface area contributed by atoms with Crippen LogP contribution >= 0.6 is 11.8 Å². The van der Waals surface area contributed by atoms with Crippen LogP contribution in [0.4, 0.5) is 0 Å². The van der Waals surface area contributed by atoms with Crippen molar-refractivity contribution >= 4 is 35.0 Å². The van der Waals surface area contributed by atoms with E-state index < -0.39 is 5.25 Å². The van der Waals surface area contributed by atoms with Crippen molar-refractivity contribution < 1.29 is 23.5 Å². The van der Waals surface area contributed by atoms with Crippen molar-refractivity contribution in [2.75, 3.05) is 20.8 Å². The van der Waals surface area contributed by atoms with Crippen molar-refractivity contribution in [3.63, 3.8) is 0 Å². The summed E-state index contributed by atoms with van der Waals surface area (Å²) in [7, 11) is 3.15. The van der Waals surface area contributed by atoms with Gasteiger partial charge in [0.1, 0.15) is 5.76 Å². The predicted molar refractivity (Wildman–Crippen MR) is 114 cm³/mol. The number of thioether (sulfide) groups is 1. The van der Waals surface area contributed by atoms with Crippen LogP contribution in [0.3, 0.4) is 0 Å². The summed E-state index contributed by atoms with van der Waals surface area (Å²) < 4.78 is 15.6. The number of hydrogen-bond donors (Lipinski definition) is 2. The molecule has 0 radical (unpaired) electrons. The molecule has 1 aliphatic rings. The van der Waals surface area contributed by atoms with E-state index >= 15 is 0 Å². The lowest BCUT2D eigenvalue weighted by molar-refractivity contribution is -0.125. The summed E-state index contributed by atoms with van der Waals surface area (Å²) >= 11 is 1.16. The molecule has 0 bridgehead atoms. The van der Waals surface area contributed by atoms with E-state index in [0.29, 0.717) is 30.2 Å². The third kappa shape index (κ3) is 5.86. The summed E-state index contributed by atoms with van der Waals surface area (Å²) in [5.74, 6) is 1.32. The molecule has 1 saturated heterocycles. The zero-order valence-electron chi connectivity index (χ0n) is 16.6. The lowest BCUT2D eigenvalue weighted by Crippen LogP contribution is -2.44. The molecule has 1 aliphatic heterocycles. The number of furan rings is 1. The Hall–Kier alpha value is -3.27. The van der Waals surface area contributed by atoms with E-state index in [1.807, 2.05) is 18.2 Å². The molecule has 158 valence electrons. The molecule has 9 nitrogen and oxygen atoms in total. The SMILES string of the molecule is COc1ccc(CCNC(=O)[C@H]2CC(=O)NC(=N/N=C\c3ccco3)S2)cc1OC. The second-order valence-corrected chi connectivity index (χ2v) is 7.45. The molecular weight excluding hydrogens is 408 g/mol. The lowest BCUT2D eigenvalue weighted by Gasteiger charge is -2.21.